The molecule has 1 rings (SSSR count). The van der Waals surface area contributed by atoms with Crippen LogP contribution in [0.4, 0.5) is 0 Å². The first kappa shape index (κ1) is 10.5. The smallest absolute Gasteiger partial charge is 0.0541 e. The predicted octanol–water partition coefficient (Wildman–Crippen LogP) is 1.88. The van der Waals surface area contributed by atoms with Gasteiger partial charge in [-0.2, -0.15) is 12.6 Å². The van der Waals surface area contributed by atoms with Crippen LogP contribution in [0.15, 0.2) is 24.4 Å². The quantitative estimate of drug-likeness (QED) is 0.536. The van der Waals surface area contributed by atoms with Gasteiger partial charge in [-0.3, -0.25) is 4.98 Å². The van der Waals surface area contributed by atoms with Gasteiger partial charge in [0.25, 0.3) is 0 Å². The molecule has 0 aliphatic heterocycles. The van der Waals surface area contributed by atoms with Gasteiger partial charge in [-0.15, -0.1) is 0 Å². The van der Waals surface area contributed by atoms with Crippen LogP contribution in [0.1, 0.15) is 18.5 Å². The van der Waals surface area contributed by atoms with E-state index in [9.17, 15) is 0 Å². The zero-order valence-electron chi connectivity index (χ0n) is 7.74. The molecule has 0 radical (unpaired) electrons. The summed E-state index contributed by atoms with van der Waals surface area (Å²) in [7, 11) is 0. The Labute approximate surface area is 85.2 Å². The third kappa shape index (κ3) is 4.90. The number of pyridine rings is 1. The minimum absolute atomic E-state index is 0.868. The first-order valence-electron chi connectivity index (χ1n) is 4.65. The van der Waals surface area contributed by atoms with Crippen LogP contribution in [-0.2, 0) is 6.54 Å². The number of aromatic nitrogens is 1. The van der Waals surface area contributed by atoms with E-state index in [0.29, 0.717) is 0 Å². The first-order chi connectivity index (χ1) is 6.43. The third-order valence-corrected chi connectivity index (χ3v) is 2.11. The fraction of sp³-hybridized carbons (Fsp3) is 0.500. The highest BCUT2D eigenvalue weighted by atomic mass is 32.1. The van der Waals surface area contributed by atoms with Crippen LogP contribution in [0.3, 0.4) is 0 Å². The fourth-order valence-electron chi connectivity index (χ4n) is 1.08. The van der Waals surface area contributed by atoms with Crippen LogP contribution in [-0.4, -0.2) is 17.3 Å². The highest BCUT2D eigenvalue weighted by Gasteiger charge is 1.91. The second-order valence-corrected chi connectivity index (χ2v) is 3.38. The zero-order chi connectivity index (χ0) is 9.36. The highest BCUT2D eigenvalue weighted by molar-refractivity contribution is 7.80. The molecule has 0 amide bonds. The lowest BCUT2D eigenvalue weighted by atomic mass is 10.3. The molecule has 72 valence electrons. The summed E-state index contributed by atoms with van der Waals surface area (Å²) in [4.78, 5) is 4.22. The first-order valence-corrected chi connectivity index (χ1v) is 5.28. The minimum Gasteiger partial charge on any atom is -0.311 e. The van der Waals surface area contributed by atoms with E-state index in [2.05, 4.69) is 22.9 Å². The number of hydrogen-bond donors (Lipinski definition) is 2. The Hall–Kier alpha value is -0.540. The molecule has 3 heteroatoms. The van der Waals surface area contributed by atoms with Gasteiger partial charge >= 0.3 is 0 Å². The van der Waals surface area contributed by atoms with E-state index in [-0.39, 0.29) is 0 Å². The van der Waals surface area contributed by atoms with Crippen LogP contribution >= 0.6 is 12.6 Å². The molecule has 0 bridgehead atoms. The lowest BCUT2D eigenvalue weighted by Gasteiger charge is -2.02. The summed E-state index contributed by atoms with van der Waals surface area (Å²) in [5, 5.41) is 3.34. The van der Waals surface area contributed by atoms with Gasteiger partial charge in [0.15, 0.2) is 0 Å². The number of thiol groups is 1. The maximum absolute atomic E-state index is 4.22. The van der Waals surface area contributed by atoms with Gasteiger partial charge in [0, 0.05) is 12.7 Å². The van der Waals surface area contributed by atoms with Crippen molar-refractivity contribution in [2.24, 2.45) is 0 Å². The molecule has 2 nitrogen and oxygen atoms in total. The Bertz CT molecular complexity index is 213. The van der Waals surface area contributed by atoms with Crippen LogP contribution in [0, 0.1) is 0 Å². The van der Waals surface area contributed by atoms with Crippen LogP contribution in [0.25, 0.3) is 0 Å². The normalized spacial score (nSPS) is 10.2. The molecule has 0 saturated carbocycles. The van der Waals surface area contributed by atoms with E-state index in [1.165, 1.54) is 12.8 Å². The number of nitrogens with zero attached hydrogens (tertiary/aromatic N) is 1. The van der Waals surface area contributed by atoms with Crippen LogP contribution in [0.2, 0.25) is 0 Å². The molecule has 1 heterocycles. The monoisotopic (exact) mass is 196 g/mol. The molecule has 13 heavy (non-hydrogen) atoms. The van der Waals surface area contributed by atoms with Gasteiger partial charge in [-0.05, 0) is 37.3 Å². The van der Waals surface area contributed by atoms with E-state index in [1.54, 1.807) is 0 Å². The summed E-state index contributed by atoms with van der Waals surface area (Å²) >= 11 is 4.15. The largest absolute Gasteiger partial charge is 0.311 e. The molecule has 1 aromatic rings. The molecule has 1 aromatic heterocycles. The maximum Gasteiger partial charge on any atom is 0.0541 e. The second-order valence-electron chi connectivity index (χ2n) is 2.93. The molecular weight excluding hydrogens is 180 g/mol. The lowest BCUT2D eigenvalue weighted by molar-refractivity contribution is 0.636. The summed E-state index contributed by atoms with van der Waals surface area (Å²) < 4.78 is 0. The Morgan fingerprint density at radius 1 is 1.31 bits per heavy atom. The van der Waals surface area contributed by atoms with Gasteiger partial charge in [0.2, 0.25) is 0 Å². The minimum atomic E-state index is 0.868. The van der Waals surface area contributed by atoms with Gasteiger partial charge in [0.1, 0.15) is 0 Å². The van der Waals surface area contributed by atoms with Crippen molar-refractivity contribution in [2.45, 2.75) is 19.4 Å². The van der Waals surface area contributed by atoms with Gasteiger partial charge in [-0.25, -0.2) is 0 Å². The van der Waals surface area contributed by atoms with Crippen molar-refractivity contribution >= 4 is 12.6 Å². The van der Waals surface area contributed by atoms with Crippen molar-refractivity contribution in [3.63, 3.8) is 0 Å². The average Bonchev–Trinajstić information content (AvgIpc) is 2.19. The summed E-state index contributed by atoms with van der Waals surface area (Å²) in [6.07, 6.45) is 4.19. The zero-order valence-corrected chi connectivity index (χ0v) is 8.63. The molecule has 0 saturated heterocycles. The van der Waals surface area contributed by atoms with Gasteiger partial charge < -0.3 is 5.32 Å². The number of rotatable bonds is 6. The fourth-order valence-corrected chi connectivity index (χ4v) is 1.30. The van der Waals surface area contributed by atoms with Crippen molar-refractivity contribution in [1.29, 1.82) is 0 Å². The van der Waals surface area contributed by atoms with Crippen molar-refractivity contribution in [2.75, 3.05) is 12.3 Å². The van der Waals surface area contributed by atoms with E-state index < -0.39 is 0 Å². The number of hydrogen-bond acceptors (Lipinski definition) is 3. The molecule has 0 unspecified atom stereocenters. The van der Waals surface area contributed by atoms with Gasteiger partial charge in [-0.1, -0.05) is 6.07 Å². The lowest BCUT2D eigenvalue weighted by Crippen LogP contribution is -2.15. The highest BCUT2D eigenvalue weighted by Crippen LogP contribution is 1.93. The van der Waals surface area contributed by atoms with E-state index in [0.717, 1.165) is 24.5 Å². The summed E-state index contributed by atoms with van der Waals surface area (Å²) in [6, 6.07) is 5.98. The van der Waals surface area contributed by atoms with E-state index >= 15 is 0 Å². The van der Waals surface area contributed by atoms with Crippen molar-refractivity contribution in [3.8, 4) is 0 Å². The number of unbranched alkanes of at least 4 members (excludes halogenated alkanes) is 1. The molecule has 1 N–H and O–H groups in total. The summed E-state index contributed by atoms with van der Waals surface area (Å²) in [6.45, 7) is 1.92. The third-order valence-electron chi connectivity index (χ3n) is 1.79. The maximum atomic E-state index is 4.22. The topological polar surface area (TPSA) is 24.9 Å². The molecule has 0 spiro atoms. The molecule has 0 aromatic carbocycles. The van der Waals surface area contributed by atoms with Crippen molar-refractivity contribution in [1.82, 2.24) is 10.3 Å². The molecule has 0 aliphatic carbocycles. The standard InChI is InChI=1S/C10H16N2S/c13-8-4-3-6-11-9-10-5-1-2-7-12-10/h1-2,5,7,11,13H,3-4,6,8-9H2. The molecule has 0 fully saturated rings. The van der Waals surface area contributed by atoms with Crippen molar-refractivity contribution in [3.05, 3.63) is 30.1 Å². The van der Waals surface area contributed by atoms with Crippen LogP contribution in [0.5, 0.6) is 0 Å². The Morgan fingerprint density at radius 3 is 2.92 bits per heavy atom. The van der Waals surface area contributed by atoms with Gasteiger partial charge in [0.05, 0.1) is 5.69 Å². The average molecular weight is 196 g/mol. The van der Waals surface area contributed by atoms with Crippen molar-refractivity contribution < 1.29 is 0 Å². The van der Waals surface area contributed by atoms with Crippen LogP contribution < -0.4 is 5.32 Å². The Kier molecular flexibility index (Phi) is 5.61. The summed E-state index contributed by atoms with van der Waals surface area (Å²) in [5.41, 5.74) is 1.10. The SMILES string of the molecule is SCCCCNCc1ccccn1. The van der Waals surface area contributed by atoms with E-state index in [4.69, 9.17) is 0 Å². The predicted molar refractivity (Wildman–Crippen MR) is 59.0 cm³/mol. The Balaban J connectivity index is 2.07. The second kappa shape index (κ2) is 6.92. The molecule has 0 aliphatic rings. The molecular formula is C10H16N2S. The number of nitrogens with one attached hydrogen (secondary N) is 1. The molecule has 0 atom stereocenters. The Morgan fingerprint density at radius 2 is 2.23 bits per heavy atom. The summed E-state index contributed by atoms with van der Waals surface area (Å²) in [5.74, 6) is 0.977. The van der Waals surface area contributed by atoms with E-state index in [1.807, 2.05) is 24.4 Å².